The van der Waals surface area contributed by atoms with E-state index < -0.39 is 0 Å². The molecule has 3 nitrogen and oxygen atoms in total. The van der Waals surface area contributed by atoms with Crippen LogP contribution in [-0.2, 0) is 13.1 Å². The molecule has 0 bridgehead atoms. The van der Waals surface area contributed by atoms with Crippen molar-refractivity contribution >= 4 is 11.3 Å². The molecule has 1 aromatic carbocycles. The van der Waals surface area contributed by atoms with Crippen molar-refractivity contribution in [2.24, 2.45) is 0 Å². The van der Waals surface area contributed by atoms with Gasteiger partial charge in [-0.3, -0.25) is 4.90 Å². The molecule has 0 amide bonds. The van der Waals surface area contributed by atoms with Crippen molar-refractivity contribution in [2.45, 2.75) is 51.8 Å². The Morgan fingerprint density at radius 2 is 2.09 bits per heavy atom. The SMILES string of the molecule is Cc1ncc(CN(C)Cc2cccc(OC3CCCC3)c2)s1. The molecule has 22 heavy (non-hydrogen) atoms. The number of benzene rings is 1. The molecule has 1 saturated carbocycles. The summed E-state index contributed by atoms with van der Waals surface area (Å²) < 4.78 is 6.09. The Bertz CT molecular complexity index is 605. The molecular weight excluding hydrogens is 292 g/mol. The maximum absolute atomic E-state index is 6.09. The van der Waals surface area contributed by atoms with Crippen LogP contribution in [0.1, 0.15) is 41.1 Å². The Hall–Kier alpha value is -1.39. The van der Waals surface area contributed by atoms with Crippen molar-refractivity contribution in [1.29, 1.82) is 0 Å². The van der Waals surface area contributed by atoms with Gasteiger partial charge in [0.1, 0.15) is 5.75 Å². The van der Waals surface area contributed by atoms with Crippen LogP contribution in [0.25, 0.3) is 0 Å². The van der Waals surface area contributed by atoms with E-state index in [9.17, 15) is 0 Å². The highest BCUT2D eigenvalue weighted by molar-refractivity contribution is 7.11. The van der Waals surface area contributed by atoms with E-state index in [1.54, 1.807) is 11.3 Å². The molecule has 2 aromatic rings. The van der Waals surface area contributed by atoms with E-state index in [1.165, 1.54) is 36.1 Å². The summed E-state index contributed by atoms with van der Waals surface area (Å²) in [7, 11) is 2.15. The standard InChI is InChI=1S/C18H24N2OS/c1-14-19-11-18(22-14)13-20(2)12-15-6-5-9-17(10-15)21-16-7-3-4-8-16/h5-6,9-11,16H,3-4,7-8,12-13H2,1-2H3. The third-order valence-electron chi connectivity index (χ3n) is 4.05. The molecule has 0 N–H and O–H groups in total. The summed E-state index contributed by atoms with van der Waals surface area (Å²) in [4.78, 5) is 7.96. The number of aromatic nitrogens is 1. The van der Waals surface area contributed by atoms with Crippen molar-refractivity contribution in [2.75, 3.05) is 7.05 Å². The van der Waals surface area contributed by atoms with E-state index in [4.69, 9.17) is 4.74 Å². The summed E-state index contributed by atoms with van der Waals surface area (Å²) in [6.07, 6.45) is 7.43. The lowest BCUT2D eigenvalue weighted by atomic mass is 10.2. The van der Waals surface area contributed by atoms with Crippen LogP contribution in [-0.4, -0.2) is 23.0 Å². The summed E-state index contributed by atoms with van der Waals surface area (Å²) in [6, 6.07) is 8.54. The first-order valence-corrected chi connectivity index (χ1v) is 8.86. The van der Waals surface area contributed by atoms with Crippen LogP contribution >= 0.6 is 11.3 Å². The van der Waals surface area contributed by atoms with E-state index in [1.807, 2.05) is 6.20 Å². The maximum atomic E-state index is 6.09. The molecule has 0 spiro atoms. The Morgan fingerprint density at radius 3 is 2.82 bits per heavy atom. The van der Waals surface area contributed by atoms with E-state index >= 15 is 0 Å². The van der Waals surface area contributed by atoms with E-state index in [-0.39, 0.29) is 0 Å². The van der Waals surface area contributed by atoms with Gasteiger partial charge in [-0.2, -0.15) is 0 Å². The van der Waals surface area contributed by atoms with Crippen LogP contribution in [0.5, 0.6) is 5.75 Å². The summed E-state index contributed by atoms with van der Waals surface area (Å²) in [6.45, 7) is 3.93. The van der Waals surface area contributed by atoms with Gasteiger partial charge in [0.2, 0.25) is 0 Å². The number of rotatable bonds is 6. The van der Waals surface area contributed by atoms with E-state index in [2.05, 4.69) is 48.1 Å². The fourth-order valence-corrected chi connectivity index (χ4v) is 3.90. The lowest BCUT2D eigenvalue weighted by molar-refractivity contribution is 0.209. The largest absolute Gasteiger partial charge is 0.490 e. The first kappa shape index (κ1) is 15.5. The second kappa shape index (κ2) is 7.25. The zero-order valence-electron chi connectivity index (χ0n) is 13.4. The van der Waals surface area contributed by atoms with Gasteiger partial charge in [-0.1, -0.05) is 12.1 Å². The first-order chi connectivity index (χ1) is 10.7. The number of aryl methyl sites for hydroxylation is 1. The van der Waals surface area contributed by atoms with Crippen LogP contribution in [0, 0.1) is 6.92 Å². The van der Waals surface area contributed by atoms with Gasteiger partial charge in [-0.15, -0.1) is 11.3 Å². The third-order valence-corrected chi connectivity index (χ3v) is 4.95. The van der Waals surface area contributed by atoms with Crippen molar-refractivity contribution in [1.82, 2.24) is 9.88 Å². The molecule has 118 valence electrons. The minimum absolute atomic E-state index is 0.424. The second-order valence-corrected chi connectivity index (χ2v) is 7.51. The van der Waals surface area contributed by atoms with Crippen molar-refractivity contribution < 1.29 is 4.74 Å². The number of hydrogen-bond acceptors (Lipinski definition) is 4. The highest BCUT2D eigenvalue weighted by Gasteiger charge is 2.16. The Kier molecular flexibility index (Phi) is 5.11. The normalized spacial score (nSPS) is 15.6. The van der Waals surface area contributed by atoms with Crippen LogP contribution in [0.3, 0.4) is 0 Å². The molecule has 0 radical (unpaired) electrons. The molecule has 0 aliphatic heterocycles. The Morgan fingerprint density at radius 1 is 1.27 bits per heavy atom. The number of ether oxygens (including phenoxy) is 1. The van der Waals surface area contributed by atoms with Crippen LogP contribution in [0.4, 0.5) is 0 Å². The minimum Gasteiger partial charge on any atom is -0.490 e. The molecule has 0 unspecified atom stereocenters. The van der Waals surface area contributed by atoms with Crippen molar-refractivity contribution in [3.63, 3.8) is 0 Å². The lowest BCUT2D eigenvalue weighted by Crippen LogP contribution is -2.17. The third kappa shape index (κ3) is 4.31. The highest BCUT2D eigenvalue weighted by Crippen LogP contribution is 2.25. The van der Waals surface area contributed by atoms with Crippen LogP contribution in [0.15, 0.2) is 30.5 Å². The molecular formula is C18H24N2OS. The molecule has 0 atom stereocenters. The summed E-state index contributed by atoms with van der Waals surface area (Å²) in [5, 5.41) is 1.13. The number of hydrogen-bond donors (Lipinski definition) is 0. The monoisotopic (exact) mass is 316 g/mol. The minimum atomic E-state index is 0.424. The van der Waals surface area contributed by atoms with E-state index in [0.717, 1.165) is 23.8 Å². The topological polar surface area (TPSA) is 25.4 Å². The molecule has 1 heterocycles. The summed E-state index contributed by atoms with van der Waals surface area (Å²) in [5.41, 5.74) is 1.30. The van der Waals surface area contributed by atoms with Gasteiger partial charge in [-0.05, 0) is 57.4 Å². The van der Waals surface area contributed by atoms with E-state index in [0.29, 0.717) is 6.10 Å². The van der Waals surface area contributed by atoms with Gasteiger partial charge >= 0.3 is 0 Å². The zero-order chi connectivity index (χ0) is 15.4. The molecule has 1 aromatic heterocycles. The molecule has 1 aliphatic rings. The fourth-order valence-electron chi connectivity index (χ4n) is 3.03. The van der Waals surface area contributed by atoms with Crippen molar-refractivity contribution in [3.05, 3.63) is 45.9 Å². The average Bonchev–Trinajstić information content (AvgIpc) is 3.11. The summed E-state index contributed by atoms with van der Waals surface area (Å²) >= 11 is 1.77. The zero-order valence-corrected chi connectivity index (χ0v) is 14.2. The molecule has 0 saturated heterocycles. The smallest absolute Gasteiger partial charge is 0.120 e. The highest BCUT2D eigenvalue weighted by atomic mass is 32.1. The maximum Gasteiger partial charge on any atom is 0.120 e. The lowest BCUT2D eigenvalue weighted by Gasteiger charge is -2.17. The molecule has 1 fully saturated rings. The van der Waals surface area contributed by atoms with Crippen LogP contribution < -0.4 is 4.74 Å². The fraction of sp³-hybridized carbons (Fsp3) is 0.500. The van der Waals surface area contributed by atoms with Crippen molar-refractivity contribution in [3.8, 4) is 5.75 Å². The van der Waals surface area contributed by atoms with Crippen LogP contribution in [0.2, 0.25) is 0 Å². The van der Waals surface area contributed by atoms with Gasteiger partial charge in [0.15, 0.2) is 0 Å². The predicted octanol–water partition coefficient (Wildman–Crippen LogP) is 4.40. The average molecular weight is 316 g/mol. The molecule has 3 rings (SSSR count). The first-order valence-electron chi connectivity index (χ1n) is 8.04. The second-order valence-electron chi connectivity index (χ2n) is 6.19. The van der Waals surface area contributed by atoms with Gasteiger partial charge in [0.05, 0.1) is 11.1 Å². The predicted molar refractivity (Wildman–Crippen MR) is 91.3 cm³/mol. The molecule has 4 heteroatoms. The number of nitrogens with zero attached hydrogens (tertiary/aromatic N) is 2. The Labute approximate surface area is 137 Å². The van der Waals surface area contributed by atoms with Gasteiger partial charge in [0.25, 0.3) is 0 Å². The van der Waals surface area contributed by atoms with Gasteiger partial charge < -0.3 is 4.74 Å². The Balaban J connectivity index is 1.57. The van der Waals surface area contributed by atoms with Gasteiger partial charge in [0, 0.05) is 24.2 Å². The quantitative estimate of drug-likeness (QED) is 0.789. The summed E-state index contributed by atoms with van der Waals surface area (Å²) in [5.74, 6) is 1.02. The molecule has 1 aliphatic carbocycles. The number of thiazole rings is 1. The van der Waals surface area contributed by atoms with Gasteiger partial charge in [-0.25, -0.2) is 4.98 Å².